The second kappa shape index (κ2) is 5.94. The van der Waals surface area contributed by atoms with Crippen molar-refractivity contribution >= 4 is 17.4 Å². The molecule has 0 atom stereocenters. The van der Waals surface area contributed by atoms with Crippen molar-refractivity contribution in [1.82, 2.24) is 0 Å². The van der Waals surface area contributed by atoms with Gasteiger partial charge in [0.25, 0.3) is 0 Å². The van der Waals surface area contributed by atoms with Gasteiger partial charge in [0.1, 0.15) is 0 Å². The third kappa shape index (κ3) is 3.60. The first-order valence-corrected chi connectivity index (χ1v) is 5.70. The number of anilines is 1. The minimum Gasteiger partial charge on any atom is -0.399 e. The summed E-state index contributed by atoms with van der Waals surface area (Å²) >= 11 is 1.84. The van der Waals surface area contributed by atoms with Crippen LogP contribution >= 0.6 is 11.8 Å². The van der Waals surface area contributed by atoms with Crippen LogP contribution in [0.5, 0.6) is 0 Å². The van der Waals surface area contributed by atoms with E-state index in [-0.39, 0.29) is 0 Å². The number of hydrogen-bond acceptors (Lipinski definition) is 3. The van der Waals surface area contributed by atoms with Crippen LogP contribution in [-0.2, 0) is 4.74 Å². The van der Waals surface area contributed by atoms with Crippen molar-refractivity contribution in [3.8, 4) is 0 Å². The number of nitrogens with two attached hydrogens (primary N) is 1. The van der Waals surface area contributed by atoms with Crippen molar-refractivity contribution in [3.63, 3.8) is 0 Å². The van der Waals surface area contributed by atoms with Crippen molar-refractivity contribution in [1.29, 1.82) is 0 Å². The molecule has 0 saturated carbocycles. The zero-order valence-corrected chi connectivity index (χ0v) is 9.56. The number of thioether (sulfide) groups is 1. The quantitative estimate of drug-likeness (QED) is 0.462. The molecule has 2 nitrogen and oxygen atoms in total. The van der Waals surface area contributed by atoms with Gasteiger partial charge in [-0.15, -0.1) is 11.8 Å². The molecule has 0 saturated heterocycles. The number of methoxy groups -OCH3 is 1. The van der Waals surface area contributed by atoms with Crippen LogP contribution in [0.15, 0.2) is 23.1 Å². The minimum atomic E-state index is 0.828. The number of benzene rings is 1. The van der Waals surface area contributed by atoms with Gasteiger partial charge in [-0.2, -0.15) is 0 Å². The van der Waals surface area contributed by atoms with Crippen LogP contribution in [0.4, 0.5) is 5.69 Å². The van der Waals surface area contributed by atoms with Crippen LogP contribution in [0, 0.1) is 6.92 Å². The second-order valence-electron chi connectivity index (χ2n) is 3.22. The van der Waals surface area contributed by atoms with Gasteiger partial charge in [-0.05, 0) is 31.0 Å². The Morgan fingerprint density at radius 1 is 1.43 bits per heavy atom. The number of rotatable bonds is 5. The Morgan fingerprint density at radius 3 is 2.93 bits per heavy atom. The summed E-state index contributed by atoms with van der Waals surface area (Å²) in [5, 5.41) is 0. The summed E-state index contributed by atoms with van der Waals surface area (Å²) in [7, 11) is 1.73. The third-order valence-corrected chi connectivity index (χ3v) is 3.21. The molecule has 14 heavy (non-hydrogen) atoms. The molecular weight excluding hydrogens is 194 g/mol. The van der Waals surface area contributed by atoms with E-state index in [0.29, 0.717) is 0 Å². The van der Waals surface area contributed by atoms with E-state index in [1.807, 2.05) is 23.9 Å². The van der Waals surface area contributed by atoms with E-state index >= 15 is 0 Å². The van der Waals surface area contributed by atoms with Gasteiger partial charge >= 0.3 is 0 Å². The lowest BCUT2D eigenvalue weighted by atomic mass is 10.2. The maximum Gasteiger partial charge on any atom is 0.0470 e. The van der Waals surface area contributed by atoms with Crippen LogP contribution < -0.4 is 5.73 Å². The first kappa shape index (κ1) is 11.4. The van der Waals surface area contributed by atoms with Gasteiger partial charge in [0, 0.05) is 30.1 Å². The van der Waals surface area contributed by atoms with Crippen molar-refractivity contribution in [2.24, 2.45) is 0 Å². The zero-order chi connectivity index (χ0) is 10.4. The second-order valence-corrected chi connectivity index (χ2v) is 4.36. The Hall–Kier alpha value is -0.670. The lowest BCUT2D eigenvalue weighted by Gasteiger charge is -2.06. The van der Waals surface area contributed by atoms with E-state index in [4.69, 9.17) is 10.5 Å². The Morgan fingerprint density at radius 2 is 2.21 bits per heavy atom. The fourth-order valence-electron chi connectivity index (χ4n) is 1.16. The Labute approximate surface area is 89.8 Å². The summed E-state index contributed by atoms with van der Waals surface area (Å²) in [6.07, 6.45) is 1.08. The van der Waals surface area contributed by atoms with Gasteiger partial charge < -0.3 is 10.5 Å². The molecule has 0 spiro atoms. The molecule has 2 N–H and O–H groups in total. The van der Waals surface area contributed by atoms with Crippen LogP contribution in [0.25, 0.3) is 0 Å². The molecule has 0 fully saturated rings. The highest BCUT2D eigenvalue weighted by molar-refractivity contribution is 7.99. The van der Waals surface area contributed by atoms with Crippen molar-refractivity contribution in [2.75, 3.05) is 25.2 Å². The molecular formula is C11H17NOS. The highest BCUT2D eigenvalue weighted by Gasteiger charge is 1.99. The largest absolute Gasteiger partial charge is 0.399 e. The van der Waals surface area contributed by atoms with Crippen LogP contribution in [0.1, 0.15) is 12.0 Å². The molecule has 0 aromatic heterocycles. The summed E-state index contributed by atoms with van der Waals surface area (Å²) < 4.78 is 5.00. The van der Waals surface area contributed by atoms with Gasteiger partial charge in [-0.25, -0.2) is 0 Å². The lowest BCUT2D eigenvalue weighted by molar-refractivity contribution is 0.200. The van der Waals surface area contributed by atoms with Gasteiger partial charge in [0.2, 0.25) is 0 Å². The predicted molar refractivity (Wildman–Crippen MR) is 62.8 cm³/mol. The number of ether oxygens (including phenoxy) is 1. The fourth-order valence-corrected chi connectivity index (χ4v) is 2.15. The summed E-state index contributed by atoms with van der Waals surface area (Å²) in [4.78, 5) is 1.28. The standard InChI is InChI=1S/C11H17NOS/c1-9-4-5-10(12)8-11(9)14-7-3-6-13-2/h4-5,8H,3,6-7,12H2,1-2H3. The van der Waals surface area contributed by atoms with Crippen LogP contribution in [0.3, 0.4) is 0 Å². The highest BCUT2D eigenvalue weighted by atomic mass is 32.2. The minimum absolute atomic E-state index is 0.828. The zero-order valence-electron chi connectivity index (χ0n) is 8.75. The Kier molecular flexibility index (Phi) is 4.84. The van der Waals surface area contributed by atoms with Crippen molar-refractivity contribution < 1.29 is 4.74 Å². The van der Waals surface area contributed by atoms with Gasteiger partial charge in [-0.3, -0.25) is 0 Å². The average molecular weight is 211 g/mol. The average Bonchev–Trinajstić information content (AvgIpc) is 2.18. The number of aryl methyl sites for hydroxylation is 1. The number of hydrogen-bond donors (Lipinski definition) is 1. The van der Waals surface area contributed by atoms with E-state index in [1.54, 1.807) is 7.11 Å². The third-order valence-electron chi connectivity index (χ3n) is 1.96. The number of nitrogen functional groups attached to an aromatic ring is 1. The molecule has 0 aliphatic rings. The normalized spacial score (nSPS) is 10.4. The first-order valence-electron chi connectivity index (χ1n) is 4.72. The molecule has 1 aromatic rings. The smallest absolute Gasteiger partial charge is 0.0470 e. The summed E-state index contributed by atoms with van der Waals surface area (Å²) in [6, 6.07) is 6.04. The first-order chi connectivity index (χ1) is 6.74. The van der Waals surface area contributed by atoms with Crippen LogP contribution in [0.2, 0.25) is 0 Å². The maximum absolute atomic E-state index is 5.72. The van der Waals surface area contributed by atoms with Gasteiger partial charge in [-0.1, -0.05) is 6.07 Å². The molecule has 1 rings (SSSR count). The maximum atomic E-state index is 5.72. The Balaban J connectivity index is 2.45. The van der Waals surface area contributed by atoms with Crippen molar-refractivity contribution in [3.05, 3.63) is 23.8 Å². The Bertz CT molecular complexity index is 289. The van der Waals surface area contributed by atoms with E-state index in [0.717, 1.165) is 24.5 Å². The summed E-state index contributed by atoms with van der Waals surface area (Å²) in [5.74, 6) is 1.08. The van der Waals surface area contributed by atoms with Crippen LogP contribution in [-0.4, -0.2) is 19.5 Å². The summed E-state index contributed by atoms with van der Waals surface area (Å²) in [5.41, 5.74) is 7.85. The fraction of sp³-hybridized carbons (Fsp3) is 0.455. The van der Waals surface area contributed by atoms with Crippen molar-refractivity contribution in [2.45, 2.75) is 18.2 Å². The SMILES string of the molecule is COCCCSc1cc(N)ccc1C. The molecule has 0 heterocycles. The summed E-state index contributed by atoms with van der Waals surface area (Å²) in [6.45, 7) is 2.94. The van der Waals surface area contributed by atoms with E-state index in [2.05, 4.69) is 13.0 Å². The highest BCUT2D eigenvalue weighted by Crippen LogP contribution is 2.24. The molecule has 3 heteroatoms. The predicted octanol–water partition coefficient (Wildman–Crippen LogP) is 2.71. The molecule has 0 unspecified atom stereocenters. The van der Waals surface area contributed by atoms with E-state index in [1.165, 1.54) is 10.5 Å². The van der Waals surface area contributed by atoms with E-state index in [9.17, 15) is 0 Å². The monoisotopic (exact) mass is 211 g/mol. The molecule has 0 aliphatic heterocycles. The van der Waals surface area contributed by atoms with Gasteiger partial charge in [0.05, 0.1) is 0 Å². The molecule has 0 amide bonds. The molecule has 78 valence electrons. The molecule has 1 aromatic carbocycles. The topological polar surface area (TPSA) is 35.2 Å². The van der Waals surface area contributed by atoms with E-state index < -0.39 is 0 Å². The molecule has 0 aliphatic carbocycles. The lowest BCUT2D eigenvalue weighted by Crippen LogP contribution is -1.92. The van der Waals surface area contributed by atoms with Gasteiger partial charge in [0.15, 0.2) is 0 Å². The molecule has 0 radical (unpaired) electrons. The molecule has 0 bridgehead atoms.